The molecule has 1 nitrogen and oxygen atoms in total. The van der Waals surface area contributed by atoms with E-state index in [1.54, 1.807) is 0 Å². The summed E-state index contributed by atoms with van der Waals surface area (Å²) in [5.74, 6) is 0.707. The van der Waals surface area contributed by atoms with Gasteiger partial charge in [0.15, 0.2) is 0 Å². The maximum atomic E-state index is 3.86. The molecule has 0 amide bonds. The summed E-state index contributed by atoms with van der Waals surface area (Å²) >= 11 is 0. The third-order valence-electron chi connectivity index (χ3n) is 2.89. The highest BCUT2D eigenvalue weighted by atomic mass is 15.1. The molecule has 1 aliphatic heterocycles. The van der Waals surface area contributed by atoms with Crippen molar-refractivity contribution in [2.24, 2.45) is 5.92 Å². The van der Waals surface area contributed by atoms with Crippen LogP contribution in [0.1, 0.15) is 12.0 Å². The topological polar surface area (TPSA) is 3.24 Å². The molecule has 1 aliphatic rings. The van der Waals surface area contributed by atoms with E-state index in [-0.39, 0.29) is 0 Å². The molecule has 1 atom stereocenters. The van der Waals surface area contributed by atoms with Gasteiger partial charge in [0.05, 0.1) is 0 Å². The number of hydrogen-bond acceptors (Lipinski definition) is 1. The second-order valence-corrected chi connectivity index (χ2v) is 4.01. The van der Waals surface area contributed by atoms with Crippen LogP contribution in [0, 0.1) is 19.3 Å². The smallest absolute Gasteiger partial charge is 0.0232 e. The number of nitrogens with zero attached hydrogens (tertiary/aromatic N) is 1. The minimum Gasteiger partial charge on any atom is -0.301 e. The molecule has 1 fully saturated rings. The molecule has 74 valence electrons. The van der Waals surface area contributed by atoms with Gasteiger partial charge in [0.2, 0.25) is 0 Å². The Hall–Kier alpha value is -0.950. The van der Waals surface area contributed by atoms with Gasteiger partial charge in [-0.15, -0.1) is 12.3 Å². The van der Waals surface area contributed by atoms with Crippen molar-refractivity contribution in [3.8, 4) is 0 Å². The van der Waals surface area contributed by atoms with Crippen LogP contribution in [0.3, 0.4) is 0 Å². The molecule has 0 aromatic heterocycles. The average molecular weight is 187 g/mol. The van der Waals surface area contributed by atoms with Crippen LogP contribution in [0.25, 0.3) is 0 Å². The van der Waals surface area contributed by atoms with E-state index in [0.717, 1.165) is 6.54 Å². The summed E-state index contributed by atoms with van der Waals surface area (Å²) in [5.41, 5.74) is 1.41. The van der Waals surface area contributed by atoms with Crippen molar-refractivity contribution in [2.45, 2.75) is 13.0 Å². The molecule has 1 aromatic rings. The van der Waals surface area contributed by atoms with Crippen LogP contribution >= 0.6 is 0 Å². The van der Waals surface area contributed by atoms with Crippen molar-refractivity contribution < 1.29 is 0 Å². The van der Waals surface area contributed by atoms with Crippen LogP contribution in [-0.4, -0.2) is 18.0 Å². The molecular formula is C13H17N. The maximum absolute atomic E-state index is 3.86. The van der Waals surface area contributed by atoms with Gasteiger partial charge in [-0.1, -0.05) is 43.7 Å². The number of hydrogen-bond donors (Lipinski definition) is 0. The summed E-state index contributed by atoms with van der Waals surface area (Å²) in [4.78, 5) is 2.50. The van der Waals surface area contributed by atoms with Crippen LogP contribution in [0.5, 0.6) is 0 Å². The molecule has 1 heterocycles. The second kappa shape index (κ2) is 4.52. The predicted molar refractivity (Wildman–Crippen MR) is 59.5 cm³/mol. The molecule has 14 heavy (non-hydrogen) atoms. The highest BCUT2D eigenvalue weighted by Crippen LogP contribution is 2.19. The summed E-state index contributed by atoms with van der Waals surface area (Å²) in [7, 11) is 0. The molecule has 0 N–H and O–H groups in total. The van der Waals surface area contributed by atoms with Gasteiger partial charge >= 0.3 is 0 Å². The molecule has 0 spiro atoms. The van der Waals surface area contributed by atoms with Crippen LogP contribution in [0.2, 0.25) is 0 Å². The molecule has 1 aromatic carbocycles. The van der Waals surface area contributed by atoms with Gasteiger partial charge in [0.25, 0.3) is 0 Å². The Kier molecular flexibility index (Phi) is 3.10. The van der Waals surface area contributed by atoms with Crippen molar-refractivity contribution in [1.82, 2.24) is 4.90 Å². The molecular weight excluding hydrogens is 170 g/mol. The van der Waals surface area contributed by atoms with E-state index in [1.165, 1.54) is 25.1 Å². The molecule has 0 unspecified atom stereocenters. The lowest BCUT2D eigenvalue weighted by Gasteiger charge is -2.16. The summed E-state index contributed by atoms with van der Waals surface area (Å²) in [6, 6.07) is 10.7. The Morgan fingerprint density at radius 1 is 1.36 bits per heavy atom. The van der Waals surface area contributed by atoms with E-state index in [1.807, 2.05) is 0 Å². The van der Waals surface area contributed by atoms with Gasteiger partial charge in [-0.05, 0) is 18.7 Å². The van der Waals surface area contributed by atoms with Crippen molar-refractivity contribution in [3.63, 3.8) is 0 Å². The first-order valence-corrected chi connectivity index (χ1v) is 5.27. The van der Waals surface area contributed by atoms with Crippen molar-refractivity contribution in [2.75, 3.05) is 13.1 Å². The fraction of sp³-hybridized carbons (Fsp3) is 0.385. The number of benzene rings is 1. The van der Waals surface area contributed by atoms with E-state index in [4.69, 9.17) is 0 Å². The Morgan fingerprint density at radius 3 is 2.79 bits per heavy atom. The fourth-order valence-corrected chi connectivity index (χ4v) is 2.04. The summed E-state index contributed by atoms with van der Waals surface area (Å²) in [6.07, 6.45) is 3.36. The molecule has 1 heteroatoms. The quantitative estimate of drug-likeness (QED) is 0.657. The zero-order valence-electron chi connectivity index (χ0n) is 8.52. The van der Waals surface area contributed by atoms with Gasteiger partial charge in [0, 0.05) is 6.54 Å². The lowest BCUT2D eigenvalue weighted by Crippen LogP contribution is -2.19. The van der Waals surface area contributed by atoms with Crippen molar-refractivity contribution >= 4 is 0 Å². The fourth-order valence-electron chi connectivity index (χ4n) is 2.04. The summed E-state index contributed by atoms with van der Waals surface area (Å²) < 4.78 is 0. The molecule has 0 aliphatic carbocycles. The van der Waals surface area contributed by atoms with Gasteiger partial charge in [0.1, 0.15) is 0 Å². The van der Waals surface area contributed by atoms with Gasteiger partial charge in [-0.25, -0.2) is 0 Å². The third-order valence-corrected chi connectivity index (χ3v) is 2.89. The summed E-state index contributed by atoms with van der Waals surface area (Å²) in [5, 5.41) is 0. The Morgan fingerprint density at radius 2 is 2.14 bits per heavy atom. The van der Waals surface area contributed by atoms with Gasteiger partial charge < -0.3 is 4.90 Å². The normalized spacial score (nSPS) is 22.7. The van der Waals surface area contributed by atoms with E-state index in [0.29, 0.717) is 5.92 Å². The van der Waals surface area contributed by atoms with Gasteiger partial charge in [-0.2, -0.15) is 0 Å². The van der Waals surface area contributed by atoms with Gasteiger partial charge in [-0.3, -0.25) is 0 Å². The molecule has 2 rings (SSSR count). The SMILES string of the molecule is [CH2+][CH-][C@@H]1CCN(Cc2ccccc2)C1. The molecule has 1 saturated heterocycles. The molecule has 0 radical (unpaired) electrons. The average Bonchev–Trinajstić information content (AvgIpc) is 2.67. The lowest BCUT2D eigenvalue weighted by molar-refractivity contribution is 0.322. The first kappa shape index (κ1) is 9.60. The van der Waals surface area contributed by atoms with Crippen molar-refractivity contribution in [3.05, 3.63) is 49.2 Å². The standard InChI is InChI=1S/C13H17N/c1-2-12-8-9-14(10-12)11-13-6-4-3-5-7-13/h2-7,12H,1,8-11H2/t12-/m1/s1. The van der Waals surface area contributed by atoms with E-state index < -0.39 is 0 Å². The minimum atomic E-state index is 0.707. The highest BCUT2D eigenvalue weighted by molar-refractivity contribution is 5.14. The van der Waals surface area contributed by atoms with E-state index in [2.05, 4.69) is 48.6 Å². The van der Waals surface area contributed by atoms with Crippen LogP contribution in [-0.2, 0) is 6.54 Å². The largest absolute Gasteiger partial charge is 0.301 e. The second-order valence-electron chi connectivity index (χ2n) is 4.01. The van der Waals surface area contributed by atoms with Crippen LogP contribution < -0.4 is 0 Å². The van der Waals surface area contributed by atoms with E-state index in [9.17, 15) is 0 Å². The Balaban J connectivity index is 1.88. The molecule has 0 saturated carbocycles. The van der Waals surface area contributed by atoms with Crippen LogP contribution in [0.4, 0.5) is 0 Å². The maximum Gasteiger partial charge on any atom is 0.0232 e. The first-order valence-electron chi connectivity index (χ1n) is 5.27. The Bertz CT molecular complexity index is 268. The summed E-state index contributed by atoms with van der Waals surface area (Å²) in [6.45, 7) is 7.34. The zero-order chi connectivity index (χ0) is 9.80. The first-order chi connectivity index (χ1) is 6.88. The molecule has 0 bridgehead atoms. The predicted octanol–water partition coefficient (Wildman–Crippen LogP) is 2.55. The Labute approximate surface area is 86.7 Å². The zero-order valence-corrected chi connectivity index (χ0v) is 8.52. The number of likely N-dealkylation sites (tertiary alicyclic amines) is 1. The van der Waals surface area contributed by atoms with E-state index >= 15 is 0 Å². The minimum absolute atomic E-state index is 0.707. The van der Waals surface area contributed by atoms with Crippen LogP contribution in [0.15, 0.2) is 30.3 Å². The van der Waals surface area contributed by atoms with Crippen molar-refractivity contribution in [1.29, 1.82) is 0 Å². The number of rotatable bonds is 3. The highest BCUT2D eigenvalue weighted by Gasteiger charge is 2.17. The third kappa shape index (κ3) is 2.30. The lowest BCUT2D eigenvalue weighted by atomic mass is 10.1. The monoisotopic (exact) mass is 187 g/mol.